The standard InChI is InChI=1S/C13H21NO2S/c1-6-10(16-5)9(15)7-12-14-11(8-17-12)13(2,3)4/h8,10H,6-7H2,1-5H3. The third-order valence-corrected chi connectivity index (χ3v) is 3.51. The first-order chi connectivity index (χ1) is 7.88. The molecule has 0 N–H and O–H groups in total. The van der Waals surface area contributed by atoms with E-state index < -0.39 is 0 Å². The Balaban J connectivity index is 2.70. The number of ether oxygens (including phenoxy) is 1. The van der Waals surface area contributed by atoms with Gasteiger partial charge in [0.25, 0.3) is 0 Å². The van der Waals surface area contributed by atoms with Gasteiger partial charge in [0.15, 0.2) is 5.78 Å². The van der Waals surface area contributed by atoms with Crippen molar-refractivity contribution >= 4 is 17.1 Å². The molecule has 0 aliphatic carbocycles. The molecule has 3 nitrogen and oxygen atoms in total. The average molecular weight is 255 g/mol. The number of thiazole rings is 1. The molecule has 1 unspecified atom stereocenters. The van der Waals surface area contributed by atoms with Crippen LogP contribution in [-0.2, 0) is 21.4 Å². The van der Waals surface area contributed by atoms with Crippen molar-refractivity contribution in [3.05, 3.63) is 16.1 Å². The Morgan fingerprint density at radius 1 is 1.53 bits per heavy atom. The van der Waals surface area contributed by atoms with Crippen molar-refractivity contribution in [2.45, 2.75) is 52.1 Å². The first-order valence-electron chi connectivity index (χ1n) is 5.88. The molecule has 0 saturated carbocycles. The van der Waals surface area contributed by atoms with Crippen LogP contribution in [0.5, 0.6) is 0 Å². The second kappa shape index (κ2) is 5.74. The van der Waals surface area contributed by atoms with Crippen molar-refractivity contribution < 1.29 is 9.53 Å². The fourth-order valence-corrected chi connectivity index (χ4v) is 2.56. The fraction of sp³-hybridized carbons (Fsp3) is 0.692. The molecule has 0 amide bonds. The maximum Gasteiger partial charge on any atom is 0.168 e. The van der Waals surface area contributed by atoms with E-state index in [-0.39, 0.29) is 17.3 Å². The lowest BCUT2D eigenvalue weighted by Gasteiger charge is -2.14. The summed E-state index contributed by atoms with van der Waals surface area (Å²) in [6.07, 6.45) is 0.803. The molecule has 1 heterocycles. The molecule has 96 valence electrons. The van der Waals surface area contributed by atoms with Gasteiger partial charge in [-0.25, -0.2) is 4.98 Å². The first kappa shape index (κ1) is 14.3. The van der Waals surface area contributed by atoms with E-state index in [0.717, 1.165) is 10.7 Å². The summed E-state index contributed by atoms with van der Waals surface area (Å²) in [4.78, 5) is 16.4. The van der Waals surface area contributed by atoms with Gasteiger partial charge < -0.3 is 4.74 Å². The summed E-state index contributed by atoms with van der Waals surface area (Å²) in [6.45, 7) is 8.32. The van der Waals surface area contributed by atoms with E-state index in [2.05, 4.69) is 25.8 Å². The van der Waals surface area contributed by atoms with Gasteiger partial charge in [0, 0.05) is 17.9 Å². The number of aromatic nitrogens is 1. The van der Waals surface area contributed by atoms with Crippen LogP contribution in [0.1, 0.15) is 44.8 Å². The SMILES string of the molecule is CCC(OC)C(=O)Cc1nc(C(C)(C)C)cs1. The zero-order valence-electron chi connectivity index (χ0n) is 11.2. The van der Waals surface area contributed by atoms with Crippen LogP contribution in [0, 0.1) is 0 Å². The molecule has 1 atom stereocenters. The summed E-state index contributed by atoms with van der Waals surface area (Å²) >= 11 is 1.56. The van der Waals surface area contributed by atoms with Crippen molar-refractivity contribution in [3.63, 3.8) is 0 Å². The normalized spacial score (nSPS) is 13.7. The van der Waals surface area contributed by atoms with Crippen LogP contribution >= 0.6 is 11.3 Å². The van der Waals surface area contributed by atoms with Crippen molar-refractivity contribution in [3.8, 4) is 0 Å². The third kappa shape index (κ3) is 3.89. The number of Topliss-reactive ketones (excluding diaryl/α,β-unsaturated/α-hetero) is 1. The number of nitrogens with zero attached hydrogens (tertiary/aromatic N) is 1. The molecule has 0 saturated heterocycles. The van der Waals surface area contributed by atoms with Crippen LogP contribution in [0.15, 0.2) is 5.38 Å². The molecule has 17 heavy (non-hydrogen) atoms. The summed E-state index contributed by atoms with van der Waals surface area (Å²) in [7, 11) is 1.58. The lowest BCUT2D eigenvalue weighted by Crippen LogP contribution is -2.23. The Bertz CT molecular complexity index is 375. The van der Waals surface area contributed by atoms with Crippen molar-refractivity contribution in [1.82, 2.24) is 4.98 Å². The van der Waals surface area contributed by atoms with Crippen molar-refractivity contribution in [2.75, 3.05) is 7.11 Å². The molecule has 0 fully saturated rings. The molecule has 4 heteroatoms. The van der Waals surface area contributed by atoms with E-state index in [4.69, 9.17) is 4.74 Å². The van der Waals surface area contributed by atoms with Gasteiger partial charge in [-0.1, -0.05) is 27.7 Å². The van der Waals surface area contributed by atoms with Gasteiger partial charge in [-0.2, -0.15) is 0 Å². The molecule has 1 aromatic heterocycles. The Hall–Kier alpha value is -0.740. The summed E-state index contributed by atoms with van der Waals surface area (Å²) in [6, 6.07) is 0. The number of ketones is 1. The van der Waals surface area contributed by atoms with Gasteiger partial charge in [-0.15, -0.1) is 11.3 Å². The number of carbonyl (C=O) groups excluding carboxylic acids is 1. The third-order valence-electron chi connectivity index (χ3n) is 2.66. The van der Waals surface area contributed by atoms with E-state index in [0.29, 0.717) is 12.8 Å². The molecule has 0 bridgehead atoms. The second-order valence-corrected chi connectivity index (χ2v) is 6.09. The van der Waals surface area contributed by atoms with Crippen LogP contribution in [0.4, 0.5) is 0 Å². The maximum absolute atomic E-state index is 11.9. The lowest BCUT2D eigenvalue weighted by atomic mass is 9.93. The molecule has 1 rings (SSSR count). The molecular weight excluding hydrogens is 234 g/mol. The molecule has 0 spiro atoms. The highest BCUT2D eigenvalue weighted by atomic mass is 32.1. The molecule has 0 aliphatic heterocycles. The van der Waals surface area contributed by atoms with E-state index in [1.807, 2.05) is 12.3 Å². The predicted octanol–water partition coefficient (Wildman–Crippen LogP) is 2.98. The molecule has 0 radical (unpaired) electrons. The highest BCUT2D eigenvalue weighted by Gasteiger charge is 2.20. The molecule has 1 aromatic rings. The molecule has 0 aliphatic rings. The minimum atomic E-state index is -0.294. The number of rotatable bonds is 5. The van der Waals surface area contributed by atoms with Gasteiger partial charge in [-0.3, -0.25) is 4.79 Å². The summed E-state index contributed by atoms with van der Waals surface area (Å²) in [5.74, 6) is 0.116. The summed E-state index contributed by atoms with van der Waals surface area (Å²) in [5.41, 5.74) is 1.10. The average Bonchev–Trinajstić information content (AvgIpc) is 2.67. The van der Waals surface area contributed by atoms with E-state index in [1.165, 1.54) is 0 Å². The number of hydrogen-bond donors (Lipinski definition) is 0. The highest BCUT2D eigenvalue weighted by Crippen LogP contribution is 2.24. The summed E-state index contributed by atoms with van der Waals surface area (Å²) < 4.78 is 5.13. The number of methoxy groups -OCH3 is 1. The van der Waals surface area contributed by atoms with Gasteiger partial charge in [-0.05, 0) is 6.42 Å². The summed E-state index contributed by atoms with van der Waals surface area (Å²) in [5, 5.41) is 2.92. The van der Waals surface area contributed by atoms with Crippen LogP contribution in [-0.4, -0.2) is 24.0 Å². The van der Waals surface area contributed by atoms with E-state index >= 15 is 0 Å². The van der Waals surface area contributed by atoms with Crippen LogP contribution in [0.2, 0.25) is 0 Å². The highest BCUT2D eigenvalue weighted by molar-refractivity contribution is 7.09. The Labute approximate surface area is 107 Å². The minimum Gasteiger partial charge on any atom is -0.374 e. The zero-order chi connectivity index (χ0) is 13.1. The van der Waals surface area contributed by atoms with Crippen LogP contribution in [0.3, 0.4) is 0 Å². The number of carbonyl (C=O) groups is 1. The molecular formula is C13H21NO2S. The van der Waals surface area contributed by atoms with Crippen LogP contribution in [0.25, 0.3) is 0 Å². The van der Waals surface area contributed by atoms with Gasteiger partial charge >= 0.3 is 0 Å². The van der Waals surface area contributed by atoms with Gasteiger partial charge in [0.1, 0.15) is 11.1 Å². The van der Waals surface area contributed by atoms with Crippen LogP contribution < -0.4 is 0 Å². The first-order valence-corrected chi connectivity index (χ1v) is 6.76. The topological polar surface area (TPSA) is 39.2 Å². The van der Waals surface area contributed by atoms with Gasteiger partial charge in [0.05, 0.1) is 12.1 Å². The monoisotopic (exact) mass is 255 g/mol. The quantitative estimate of drug-likeness (QED) is 0.812. The molecule has 0 aromatic carbocycles. The fourth-order valence-electron chi connectivity index (χ4n) is 1.53. The lowest BCUT2D eigenvalue weighted by molar-refractivity contribution is -0.128. The zero-order valence-corrected chi connectivity index (χ0v) is 12.1. The second-order valence-electron chi connectivity index (χ2n) is 5.15. The van der Waals surface area contributed by atoms with E-state index in [1.54, 1.807) is 18.4 Å². The minimum absolute atomic E-state index is 0.0449. The largest absolute Gasteiger partial charge is 0.374 e. The Morgan fingerprint density at radius 2 is 2.18 bits per heavy atom. The van der Waals surface area contributed by atoms with Crippen molar-refractivity contribution in [1.29, 1.82) is 0 Å². The number of hydrogen-bond acceptors (Lipinski definition) is 4. The Morgan fingerprint density at radius 3 is 2.59 bits per heavy atom. The smallest absolute Gasteiger partial charge is 0.168 e. The van der Waals surface area contributed by atoms with E-state index in [9.17, 15) is 4.79 Å². The van der Waals surface area contributed by atoms with Crippen molar-refractivity contribution in [2.24, 2.45) is 0 Å². The predicted molar refractivity (Wildman–Crippen MR) is 70.6 cm³/mol. The maximum atomic E-state index is 11.9. The Kier molecular flexibility index (Phi) is 4.83. The van der Waals surface area contributed by atoms with Gasteiger partial charge in [0.2, 0.25) is 0 Å².